The van der Waals surface area contributed by atoms with Gasteiger partial charge in [-0.1, -0.05) is 54.6 Å². The zero-order chi connectivity index (χ0) is 19.9. The molecule has 1 aliphatic heterocycles. The van der Waals surface area contributed by atoms with Gasteiger partial charge >= 0.3 is 0 Å². The van der Waals surface area contributed by atoms with E-state index in [1.165, 1.54) is 0 Å². The number of amides is 1. The van der Waals surface area contributed by atoms with Crippen molar-refractivity contribution in [3.63, 3.8) is 0 Å². The quantitative estimate of drug-likeness (QED) is 0.657. The molecule has 1 fully saturated rings. The Morgan fingerprint density at radius 2 is 1.52 bits per heavy atom. The first kappa shape index (κ1) is 19.2. The van der Waals surface area contributed by atoms with Crippen molar-refractivity contribution in [3.8, 4) is 5.75 Å². The fourth-order valence-corrected chi connectivity index (χ4v) is 3.06. The van der Waals surface area contributed by atoms with Gasteiger partial charge in [0, 0.05) is 17.7 Å². The van der Waals surface area contributed by atoms with Crippen LogP contribution in [0, 0.1) is 0 Å². The Morgan fingerprint density at radius 1 is 0.862 bits per heavy atom. The van der Waals surface area contributed by atoms with E-state index in [4.69, 9.17) is 14.2 Å². The third-order valence-corrected chi connectivity index (χ3v) is 4.69. The van der Waals surface area contributed by atoms with Gasteiger partial charge in [0.15, 0.2) is 6.29 Å². The summed E-state index contributed by atoms with van der Waals surface area (Å²) < 4.78 is 16.7. The van der Waals surface area contributed by atoms with Crippen molar-refractivity contribution in [3.05, 3.63) is 101 Å². The van der Waals surface area contributed by atoms with Crippen LogP contribution in [0.25, 0.3) is 0 Å². The van der Waals surface area contributed by atoms with Crippen molar-refractivity contribution in [2.24, 2.45) is 0 Å². The summed E-state index contributed by atoms with van der Waals surface area (Å²) in [4.78, 5) is 12.4. The maximum absolute atomic E-state index is 12.4. The summed E-state index contributed by atoms with van der Waals surface area (Å²) in [7, 11) is 0. The molecule has 0 bridgehead atoms. The van der Waals surface area contributed by atoms with Crippen LogP contribution in [-0.4, -0.2) is 19.1 Å². The molecule has 0 radical (unpaired) electrons. The average molecular weight is 389 g/mol. The van der Waals surface area contributed by atoms with Gasteiger partial charge in [0.25, 0.3) is 5.91 Å². The number of nitrogens with one attached hydrogen (secondary N) is 1. The van der Waals surface area contributed by atoms with Crippen LogP contribution in [0.2, 0.25) is 0 Å². The molecule has 1 saturated heterocycles. The molecule has 5 nitrogen and oxygen atoms in total. The second kappa shape index (κ2) is 9.37. The predicted octanol–water partition coefficient (Wildman–Crippen LogP) is 4.24. The van der Waals surface area contributed by atoms with Gasteiger partial charge in [0.1, 0.15) is 12.4 Å². The summed E-state index contributed by atoms with van der Waals surface area (Å²) in [5.41, 5.74) is 3.65. The molecule has 0 unspecified atom stereocenters. The van der Waals surface area contributed by atoms with Gasteiger partial charge in [-0.15, -0.1) is 0 Å². The number of ether oxygens (including phenoxy) is 3. The first-order valence-corrected chi connectivity index (χ1v) is 9.65. The predicted molar refractivity (Wildman–Crippen MR) is 109 cm³/mol. The van der Waals surface area contributed by atoms with E-state index in [0.29, 0.717) is 31.9 Å². The lowest BCUT2D eigenvalue weighted by atomic mass is 10.1. The number of para-hydroxylation sites is 1. The van der Waals surface area contributed by atoms with Crippen molar-refractivity contribution in [1.29, 1.82) is 0 Å². The topological polar surface area (TPSA) is 56.8 Å². The molecule has 1 N–H and O–H groups in total. The third-order valence-electron chi connectivity index (χ3n) is 4.69. The maximum atomic E-state index is 12.4. The van der Waals surface area contributed by atoms with Gasteiger partial charge in [-0.2, -0.15) is 0 Å². The lowest BCUT2D eigenvalue weighted by Crippen LogP contribution is -2.22. The van der Waals surface area contributed by atoms with Crippen LogP contribution in [0.5, 0.6) is 5.75 Å². The fourth-order valence-electron chi connectivity index (χ4n) is 3.06. The molecule has 5 heteroatoms. The van der Waals surface area contributed by atoms with Gasteiger partial charge in [-0.05, 0) is 35.4 Å². The van der Waals surface area contributed by atoms with E-state index in [-0.39, 0.29) is 12.2 Å². The number of carbonyl (C=O) groups is 1. The fraction of sp³-hybridized carbons (Fsp3) is 0.208. The van der Waals surface area contributed by atoms with Gasteiger partial charge in [0.2, 0.25) is 0 Å². The zero-order valence-corrected chi connectivity index (χ0v) is 16.0. The Bertz CT molecular complexity index is 917. The molecule has 1 amide bonds. The standard InChI is InChI=1S/C24H23NO4/c26-23(25-16-18-6-12-21(13-7-18)24-27-14-15-28-24)20-10-8-19(9-11-20)17-29-22-4-2-1-3-5-22/h1-13,24H,14-17H2,(H,25,26). The Balaban J connectivity index is 1.27. The minimum Gasteiger partial charge on any atom is -0.489 e. The smallest absolute Gasteiger partial charge is 0.251 e. The van der Waals surface area contributed by atoms with Crippen LogP contribution in [0.1, 0.15) is 33.3 Å². The summed E-state index contributed by atoms with van der Waals surface area (Å²) in [6, 6.07) is 25.0. The molecule has 1 heterocycles. The number of hydrogen-bond acceptors (Lipinski definition) is 4. The lowest BCUT2D eigenvalue weighted by Gasteiger charge is -2.11. The van der Waals surface area contributed by atoms with Gasteiger partial charge in [0.05, 0.1) is 13.2 Å². The van der Waals surface area contributed by atoms with Crippen molar-refractivity contribution >= 4 is 5.91 Å². The molecule has 3 aromatic rings. The molecule has 0 atom stereocenters. The Kier molecular flexibility index (Phi) is 6.19. The van der Waals surface area contributed by atoms with E-state index in [1.807, 2.05) is 78.9 Å². The molecule has 0 aromatic heterocycles. The molecule has 0 aliphatic carbocycles. The SMILES string of the molecule is O=C(NCc1ccc(C2OCCO2)cc1)c1ccc(COc2ccccc2)cc1. The van der Waals surface area contributed by atoms with Crippen molar-refractivity contribution < 1.29 is 19.0 Å². The highest BCUT2D eigenvalue weighted by molar-refractivity contribution is 5.94. The minimum atomic E-state index is -0.275. The second-order valence-corrected chi connectivity index (χ2v) is 6.80. The summed E-state index contributed by atoms with van der Waals surface area (Å²) in [6.45, 7) is 2.18. The second-order valence-electron chi connectivity index (χ2n) is 6.80. The highest BCUT2D eigenvalue weighted by atomic mass is 16.7. The van der Waals surface area contributed by atoms with E-state index in [2.05, 4.69) is 5.32 Å². The normalized spacial score (nSPS) is 13.9. The monoisotopic (exact) mass is 389 g/mol. The van der Waals surface area contributed by atoms with E-state index in [0.717, 1.165) is 22.4 Å². The molecule has 0 spiro atoms. The van der Waals surface area contributed by atoms with Crippen LogP contribution in [0.15, 0.2) is 78.9 Å². The van der Waals surface area contributed by atoms with Crippen LogP contribution in [0.4, 0.5) is 0 Å². The minimum absolute atomic E-state index is 0.105. The zero-order valence-electron chi connectivity index (χ0n) is 16.0. The Hall–Kier alpha value is -3.15. The van der Waals surface area contributed by atoms with Crippen molar-refractivity contribution in [2.45, 2.75) is 19.4 Å². The Morgan fingerprint density at radius 3 is 2.21 bits per heavy atom. The summed E-state index contributed by atoms with van der Waals surface area (Å²) in [6.07, 6.45) is -0.275. The number of carbonyl (C=O) groups excluding carboxylic acids is 1. The molecule has 148 valence electrons. The molecular weight excluding hydrogens is 366 g/mol. The maximum Gasteiger partial charge on any atom is 0.251 e. The molecular formula is C24H23NO4. The van der Waals surface area contributed by atoms with Crippen LogP contribution in [-0.2, 0) is 22.6 Å². The Labute approximate surface area is 170 Å². The van der Waals surface area contributed by atoms with Crippen LogP contribution in [0.3, 0.4) is 0 Å². The van der Waals surface area contributed by atoms with Crippen molar-refractivity contribution in [2.75, 3.05) is 13.2 Å². The number of benzene rings is 3. The molecule has 0 saturated carbocycles. The molecule has 4 rings (SSSR count). The molecule has 29 heavy (non-hydrogen) atoms. The lowest BCUT2D eigenvalue weighted by molar-refractivity contribution is -0.0441. The summed E-state index contributed by atoms with van der Waals surface area (Å²) in [5, 5.41) is 2.95. The third kappa shape index (κ3) is 5.22. The van der Waals surface area contributed by atoms with Crippen molar-refractivity contribution in [1.82, 2.24) is 5.32 Å². The van der Waals surface area contributed by atoms with Crippen LogP contribution >= 0.6 is 0 Å². The first-order valence-electron chi connectivity index (χ1n) is 9.65. The van der Waals surface area contributed by atoms with Crippen LogP contribution < -0.4 is 10.1 Å². The van der Waals surface area contributed by atoms with Gasteiger partial charge in [-0.3, -0.25) is 4.79 Å². The molecule has 3 aromatic carbocycles. The average Bonchev–Trinajstić information content (AvgIpc) is 3.32. The van der Waals surface area contributed by atoms with E-state index in [9.17, 15) is 4.79 Å². The summed E-state index contributed by atoms with van der Waals surface area (Å²) in [5.74, 6) is 0.721. The number of hydrogen-bond donors (Lipinski definition) is 1. The van der Waals surface area contributed by atoms with E-state index < -0.39 is 0 Å². The van der Waals surface area contributed by atoms with Gasteiger partial charge < -0.3 is 19.5 Å². The molecule has 1 aliphatic rings. The summed E-state index contributed by atoms with van der Waals surface area (Å²) >= 11 is 0. The first-order chi connectivity index (χ1) is 14.3. The van der Waals surface area contributed by atoms with E-state index in [1.54, 1.807) is 0 Å². The van der Waals surface area contributed by atoms with Gasteiger partial charge in [-0.25, -0.2) is 0 Å². The highest BCUT2D eigenvalue weighted by Crippen LogP contribution is 2.23. The van der Waals surface area contributed by atoms with E-state index >= 15 is 0 Å². The number of rotatable bonds is 7. The highest BCUT2D eigenvalue weighted by Gasteiger charge is 2.17. The largest absolute Gasteiger partial charge is 0.489 e.